The van der Waals surface area contributed by atoms with E-state index in [1.54, 1.807) is 0 Å². The van der Waals surface area contributed by atoms with Gasteiger partial charge in [0, 0.05) is 6.42 Å². The summed E-state index contributed by atoms with van der Waals surface area (Å²) in [5, 5.41) is 0. The van der Waals surface area contributed by atoms with Crippen LogP contribution in [0.4, 0.5) is 0 Å². The number of halogens is 1. The lowest BCUT2D eigenvalue weighted by Gasteiger charge is -2.09. The molecule has 0 rings (SSSR count). The fourth-order valence-electron chi connectivity index (χ4n) is 0.611. The first-order chi connectivity index (χ1) is 4.06. The van der Waals surface area contributed by atoms with Crippen LogP contribution in [0, 0.1) is 12.3 Å². The molecule has 0 nitrogen and oxygen atoms in total. The molecule has 0 aromatic carbocycles. The van der Waals surface area contributed by atoms with E-state index in [0.717, 1.165) is 18.9 Å². The summed E-state index contributed by atoms with van der Waals surface area (Å²) in [6.45, 7) is 4.29. The van der Waals surface area contributed by atoms with Crippen molar-refractivity contribution in [2.24, 2.45) is 0 Å². The number of terminal acetylenes is 1. The van der Waals surface area contributed by atoms with Crippen LogP contribution in [0.3, 0.4) is 0 Å². The largest absolute Gasteiger partial charge is 0.168 e. The van der Waals surface area contributed by atoms with Gasteiger partial charge in [0.25, 0.3) is 0 Å². The molecule has 0 aromatic rings. The zero-order valence-corrected chi connectivity index (χ0v) is 7.83. The first kappa shape index (κ1) is 9.07. The first-order valence-electron chi connectivity index (χ1n) is 3.18. The maximum atomic E-state index is 6.04. The number of hydrogen-bond acceptors (Lipinski definition) is 0. The van der Waals surface area contributed by atoms with Gasteiger partial charge in [0.15, 0.2) is 7.38 Å². The van der Waals surface area contributed by atoms with Crippen LogP contribution in [-0.2, 0) is 0 Å². The Kier molecular flexibility index (Phi) is 4.00. The van der Waals surface area contributed by atoms with Crippen molar-refractivity contribution in [3.8, 4) is 12.3 Å². The minimum Gasteiger partial charge on any atom is -0.168 e. The van der Waals surface area contributed by atoms with E-state index in [9.17, 15) is 0 Å². The molecule has 52 valence electrons. The van der Waals surface area contributed by atoms with Gasteiger partial charge in [0.05, 0.1) is 0 Å². The molecule has 0 unspecified atom stereocenters. The molecule has 0 spiro atoms. The molecule has 0 radical (unpaired) electrons. The van der Waals surface area contributed by atoms with Crippen molar-refractivity contribution in [2.45, 2.75) is 32.0 Å². The van der Waals surface area contributed by atoms with Crippen LogP contribution in [0.5, 0.6) is 0 Å². The minimum atomic E-state index is -1.32. The highest BCUT2D eigenvalue weighted by atomic mass is 35.6. The molecule has 0 bridgehead atoms. The average molecular weight is 161 g/mol. The minimum absolute atomic E-state index is 0.878. The van der Waals surface area contributed by atoms with Gasteiger partial charge in [-0.15, -0.1) is 12.3 Å². The Hall–Kier alpha value is 0.0669. The van der Waals surface area contributed by atoms with Gasteiger partial charge >= 0.3 is 0 Å². The normalized spacial score (nSPS) is 10.9. The Morgan fingerprint density at radius 2 is 2.11 bits per heavy atom. The van der Waals surface area contributed by atoms with Gasteiger partial charge in [-0.25, -0.2) is 0 Å². The van der Waals surface area contributed by atoms with Crippen LogP contribution in [0.1, 0.15) is 12.8 Å². The molecule has 0 N–H and O–H groups in total. The Morgan fingerprint density at radius 3 is 2.44 bits per heavy atom. The summed E-state index contributed by atoms with van der Waals surface area (Å²) in [7, 11) is -1.32. The molecule has 0 heterocycles. The van der Waals surface area contributed by atoms with E-state index in [0.29, 0.717) is 0 Å². The zero-order chi connectivity index (χ0) is 7.33. The Bertz CT molecular complexity index is 107. The summed E-state index contributed by atoms with van der Waals surface area (Å²) < 4.78 is 0. The molecule has 0 saturated carbocycles. The fourth-order valence-corrected chi connectivity index (χ4v) is 2.03. The van der Waals surface area contributed by atoms with E-state index in [1.807, 2.05) is 0 Å². The van der Waals surface area contributed by atoms with E-state index in [1.165, 1.54) is 0 Å². The van der Waals surface area contributed by atoms with E-state index in [4.69, 9.17) is 17.5 Å². The highest BCUT2D eigenvalue weighted by Crippen LogP contribution is 2.16. The van der Waals surface area contributed by atoms with Gasteiger partial charge in [0.1, 0.15) is 0 Å². The Balaban J connectivity index is 3.20. The predicted octanol–water partition coefficient (Wildman–Crippen LogP) is 2.84. The maximum Gasteiger partial charge on any atom is 0.150 e. The second kappa shape index (κ2) is 3.98. The highest BCUT2D eigenvalue weighted by Gasteiger charge is 2.14. The molecular weight excluding hydrogens is 148 g/mol. The summed E-state index contributed by atoms with van der Waals surface area (Å²) in [6, 6.07) is 1.14. The monoisotopic (exact) mass is 160 g/mol. The lowest BCUT2D eigenvalue weighted by Crippen LogP contribution is -2.14. The summed E-state index contributed by atoms with van der Waals surface area (Å²) in [4.78, 5) is 0. The first-order valence-corrected chi connectivity index (χ1v) is 7.40. The quantitative estimate of drug-likeness (QED) is 0.258. The molecule has 2 heteroatoms. The molecule has 0 fully saturated rings. The van der Waals surface area contributed by atoms with Crippen molar-refractivity contribution in [2.75, 3.05) is 0 Å². The lowest BCUT2D eigenvalue weighted by atomic mass is 10.4. The second-order valence-electron chi connectivity index (χ2n) is 2.78. The second-order valence-corrected chi connectivity index (χ2v) is 9.78. The standard InChI is InChI=1S/C7H13ClSi/c1-4-5-6-7-9(2,3)8/h1H,5-7H2,2-3H3. The average Bonchev–Trinajstić information content (AvgIpc) is 1.63. The van der Waals surface area contributed by atoms with E-state index in [-0.39, 0.29) is 0 Å². The zero-order valence-electron chi connectivity index (χ0n) is 6.08. The summed E-state index contributed by atoms with van der Waals surface area (Å²) in [5.74, 6) is 2.60. The van der Waals surface area contributed by atoms with Gasteiger partial charge < -0.3 is 0 Å². The molecule has 0 aromatic heterocycles. The van der Waals surface area contributed by atoms with Crippen LogP contribution in [0.25, 0.3) is 0 Å². The van der Waals surface area contributed by atoms with Gasteiger partial charge in [-0.1, -0.05) is 13.1 Å². The molecule has 0 aliphatic rings. The van der Waals surface area contributed by atoms with Crippen molar-refractivity contribution >= 4 is 18.5 Å². The van der Waals surface area contributed by atoms with Gasteiger partial charge in [-0.05, 0) is 12.5 Å². The predicted molar refractivity (Wildman–Crippen MR) is 46.2 cm³/mol. The molecule has 0 aliphatic heterocycles. The van der Waals surface area contributed by atoms with Gasteiger partial charge in [-0.3, -0.25) is 0 Å². The maximum absolute atomic E-state index is 6.04. The summed E-state index contributed by atoms with van der Waals surface area (Å²) in [6.07, 6.45) is 7.05. The third kappa shape index (κ3) is 8.07. The van der Waals surface area contributed by atoms with Gasteiger partial charge in [-0.2, -0.15) is 11.1 Å². The van der Waals surface area contributed by atoms with Crippen LogP contribution < -0.4 is 0 Å². The smallest absolute Gasteiger partial charge is 0.150 e. The molecular formula is C7H13ClSi. The van der Waals surface area contributed by atoms with Crippen LogP contribution in [0.15, 0.2) is 0 Å². The van der Waals surface area contributed by atoms with Gasteiger partial charge in [0.2, 0.25) is 0 Å². The number of unbranched alkanes of at least 4 members (excludes halogenated alkanes) is 1. The summed E-state index contributed by atoms with van der Waals surface area (Å²) >= 11 is 6.04. The number of rotatable bonds is 3. The molecule has 0 aliphatic carbocycles. The fraction of sp³-hybridized carbons (Fsp3) is 0.714. The van der Waals surface area contributed by atoms with Crippen molar-refractivity contribution in [3.05, 3.63) is 0 Å². The van der Waals surface area contributed by atoms with Crippen molar-refractivity contribution < 1.29 is 0 Å². The lowest BCUT2D eigenvalue weighted by molar-refractivity contribution is 0.964. The van der Waals surface area contributed by atoms with E-state index in [2.05, 4.69) is 19.0 Å². The molecule has 9 heavy (non-hydrogen) atoms. The van der Waals surface area contributed by atoms with Crippen molar-refractivity contribution in [3.63, 3.8) is 0 Å². The number of hydrogen-bond donors (Lipinski definition) is 0. The van der Waals surface area contributed by atoms with Crippen LogP contribution in [-0.4, -0.2) is 7.38 Å². The molecule has 0 amide bonds. The molecule has 0 saturated heterocycles. The SMILES string of the molecule is C#CCCC[Si](C)(C)Cl. The van der Waals surface area contributed by atoms with Crippen molar-refractivity contribution in [1.29, 1.82) is 0 Å². The third-order valence-electron chi connectivity index (χ3n) is 1.09. The van der Waals surface area contributed by atoms with E-state index >= 15 is 0 Å². The highest BCUT2D eigenvalue weighted by molar-refractivity contribution is 7.19. The topological polar surface area (TPSA) is 0 Å². The third-order valence-corrected chi connectivity index (χ3v) is 3.20. The summed E-state index contributed by atoms with van der Waals surface area (Å²) in [5.41, 5.74) is 0. The van der Waals surface area contributed by atoms with Crippen LogP contribution >= 0.6 is 11.1 Å². The Morgan fingerprint density at radius 1 is 1.56 bits per heavy atom. The van der Waals surface area contributed by atoms with Crippen molar-refractivity contribution in [1.82, 2.24) is 0 Å². The van der Waals surface area contributed by atoms with E-state index < -0.39 is 7.38 Å². The van der Waals surface area contributed by atoms with Crippen LogP contribution in [0.2, 0.25) is 19.1 Å². The molecule has 0 atom stereocenters. The Labute approximate surface area is 63.3 Å².